The predicted octanol–water partition coefficient (Wildman–Crippen LogP) is 12.9. The Balaban J connectivity index is 1.11. The molecule has 0 atom stereocenters. The van der Waals surface area contributed by atoms with Gasteiger partial charge in [0, 0.05) is 38.9 Å². The maximum atomic E-state index is 6.24. The van der Waals surface area contributed by atoms with Gasteiger partial charge in [0.25, 0.3) is 0 Å². The smallest absolute Gasteiger partial charge is 0.136 e. The zero-order valence-corrected chi connectivity index (χ0v) is 26.6. The summed E-state index contributed by atoms with van der Waals surface area (Å²) in [7, 11) is 0. The van der Waals surface area contributed by atoms with Gasteiger partial charge in [-0.2, -0.15) is 0 Å². The van der Waals surface area contributed by atoms with E-state index in [2.05, 4.69) is 145 Å². The number of allylic oxidation sites excluding steroid dienone is 8. The number of para-hydroxylation sites is 1. The third kappa shape index (κ3) is 5.11. The second kappa shape index (κ2) is 12.0. The number of fused-ring (bicyclic) bond motifs is 4. The van der Waals surface area contributed by atoms with E-state index in [-0.39, 0.29) is 0 Å². The highest BCUT2D eigenvalue weighted by Gasteiger charge is 2.15. The van der Waals surface area contributed by atoms with Crippen molar-refractivity contribution in [3.05, 3.63) is 169 Å². The molecule has 0 aliphatic heterocycles. The summed E-state index contributed by atoms with van der Waals surface area (Å²) >= 11 is 0. The Bertz CT molecular complexity index is 2470. The Morgan fingerprint density at radius 1 is 0.542 bits per heavy atom. The van der Waals surface area contributed by atoms with Gasteiger partial charge in [-0.15, -0.1) is 0 Å². The number of benzene rings is 5. The number of anilines is 2. The lowest BCUT2D eigenvalue weighted by atomic mass is 9.92. The Hall–Kier alpha value is -6.04. The van der Waals surface area contributed by atoms with E-state index in [4.69, 9.17) is 4.42 Å². The summed E-state index contributed by atoms with van der Waals surface area (Å²) in [5.41, 5.74) is 13.8. The molecule has 0 saturated carbocycles. The highest BCUT2D eigenvalue weighted by molar-refractivity contribution is 6.08. The Morgan fingerprint density at radius 3 is 2.10 bits per heavy atom. The fraction of sp³-hybridized carbons (Fsp3) is 0.0870. The molecule has 7 aromatic rings. The fourth-order valence-electron chi connectivity index (χ4n) is 7.21. The van der Waals surface area contributed by atoms with Gasteiger partial charge in [-0.05, 0) is 88.9 Å². The van der Waals surface area contributed by atoms with Crippen LogP contribution in [0.2, 0.25) is 0 Å². The first kappa shape index (κ1) is 28.2. The van der Waals surface area contributed by atoms with Crippen molar-refractivity contribution in [1.29, 1.82) is 0 Å². The first-order valence-corrected chi connectivity index (χ1v) is 16.8. The molecule has 2 aliphatic rings. The number of nitrogens with one attached hydrogen (secondary N) is 1. The lowest BCUT2D eigenvalue weighted by Crippen LogP contribution is -1.99. The monoisotopic (exact) mass is 615 g/mol. The van der Waals surface area contributed by atoms with Gasteiger partial charge in [-0.1, -0.05) is 127 Å². The number of rotatable bonds is 6. The zero-order chi connectivity index (χ0) is 31.9. The summed E-state index contributed by atoms with van der Waals surface area (Å²) in [5, 5.41) is 8.26. The molecule has 0 radical (unpaired) electrons. The molecular formula is C46H33NO. The van der Waals surface area contributed by atoms with Gasteiger partial charge in [-0.3, -0.25) is 0 Å². The fourth-order valence-corrected chi connectivity index (χ4v) is 7.21. The van der Waals surface area contributed by atoms with Gasteiger partial charge < -0.3 is 9.73 Å². The van der Waals surface area contributed by atoms with E-state index >= 15 is 0 Å². The zero-order valence-electron chi connectivity index (χ0n) is 26.6. The average molecular weight is 616 g/mol. The van der Waals surface area contributed by atoms with Gasteiger partial charge in [0.1, 0.15) is 11.2 Å². The van der Waals surface area contributed by atoms with Crippen molar-refractivity contribution in [2.45, 2.75) is 25.7 Å². The van der Waals surface area contributed by atoms with Crippen LogP contribution in [0.25, 0.3) is 66.1 Å². The van der Waals surface area contributed by atoms with Crippen LogP contribution in [0.4, 0.5) is 11.4 Å². The van der Waals surface area contributed by atoms with Crippen LogP contribution in [0.15, 0.2) is 150 Å². The van der Waals surface area contributed by atoms with Crippen molar-refractivity contribution < 1.29 is 4.42 Å². The topological polar surface area (TPSA) is 25.2 Å². The van der Waals surface area contributed by atoms with Crippen LogP contribution < -0.4 is 5.32 Å². The summed E-state index contributed by atoms with van der Waals surface area (Å²) < 4.78 is 6.24. The van der Waals surface area contributed by atoms with Gasteiger partial charge in [-0.25, -0.2) is 0 Å². The minimum Gasteiger partial charge on any atom is -0.456 e. The molecule has 0 amide bonds. The third-order valence-corrected chi connectivity index (χ3v) is 9.71. The molecular weight excluding hydrogens is 583 g/mol. The van der Waals surface area contributed by atoms with Crippen molar-refractivity contribution in [2.24, 2.45) is 0 Å². The molecule has 0 unspecified atom stereocenters. The van der Waals surface area contributed by atoms with Crippen molar-refractivity contribution >= 4 is 55.2 Å². The number of hydrogen-bond acceptors (Lipinski definition) is 2. The molecule has 0 bridgehead atoms. The Kier molecular flexibility index (Phi) is 7.03. The molecule has 6 aromatic carbocycles. The number of hydrogen-bond donors (Lipinski definition) is 1. The maximum Gasteiger partial charge on any atom is 0.136 e. The first-order valence-electron chi connectivity index (χ1n) is 16.8. The molecule has 1 heterocycles. The van der Waals surface area contributed by atoms with Gasteiger partial charge >= 0.3 is 0 Å². The van der Waals surface area contributed by atoms with E-state index in [1.165, 1.54) is 33.4 Å². The summed E-state index contributed by atoms with van der Waals surface area (Å²) in [6, 6.07) is 45.8. The van der Waals surface area contributed by atoms with Crippen LogP contribution in [-0.2, 0) is 0 Å². The first-order chi connectivity index (χ1) is 23.8. The van der Waals surface area contributed by atoms with E-state index in [9.17, 15) is 0 Å². The van der Waals surface area contributed by atoms with Crippen molar-refractivity contribution in [1.82, 2.24) is 0 Å². The molecule has 228 valence electrons. The quantitative estimate of drug-likeness (QED) is 0.201. The largest absolute Gasteiger partial charge is 0.456 e. The molecule has 2 nitrogen and oxygen atoms in total. The van der Waals surface area contributed by atoms with E-state index in [0.717, 1.165) is 80.9 Å². The molecule has 2 heteroatoms. The van der Waals surface area contributed by atoms with E-state index < -0.39 is 0 Å². The lowest BCUT2D eigenvalue weighted by molar-refractivity contribution is 0.669. The molecule has 9 rings (SSSR count). The van der Waals surface area contributed by atoms with E-state index in [1.54, 1.807) is 0 Å². The normalized spacial score (nSPS) is 14.2. The molecule has 2 aliphatic carbocycles. The van der Waals surface area contributed by atoms with E-state index in [1.807, 2.05) is 18.2 Å². The summed E-state index contributed by atoms with van der Waals surface area (Å²) in [6.07, 6.45) is 17.6. The van der Waals surface area contributed by atoms with Crippen molar-refractivity contribution in [3.63, 3.8) is 0 Å². The second-order valence-electron chi connectivity index (χ2n) is 12.6. The average Bonchev–Trinajstić information content (AvgIpc) is 3.53. The summed E-state index contributed by atoms with van der Waals surface area (Å²) in [5.74, 6) is 0. The summed E-state index contributed by atoms with van der Waals surface area (Å²) in [4.78, 5) is 0. The van der Waals surface area contributed by atoms with Gasteiger partial charge in [0.15, 0.2) is 0 Å². The van der Waals surface area contributed by atoms with Crippen LogP contribution in [-0.4, -0.2) is 0 Å². The molecule has 1 aromatic heterocycles. The molecule has 0 fully saturated rings. The maximum absolute atomic E-state index is 6.24. The lowest BCUT2D eigenvalue weighted by Gasteiger charge is -2.19. The standard InChI is InChI=1S/C46H33NO/c1-3-11-31(12-4-1)32-21-23-33(24-22-32)35-25-27-38(34-13-5-2-6-14-34)44(29-35)47-43-19-10-17-39-37(16-9-18-40(39)43)36-26-28-42-41-15-7-8-20-45(41)48-46(42)30-36/h1-3,5,7-9,11,13,15-16,18-30,47H,4,6,12,14H2. The molecule has 48 heavy (non-hydrogen) atoms. The van der Waals surface area contributed by atoms with Gasteiger partial charge in [0.2, 0.25) is 0 Å². The van der Waals surface area contributed by atoms with Crippen LogP contribution in [0.1, 0.15) is 36.8 Å². The number of furan rings is 1. The third-order valence-electron chi connectivity index (χ3n) is 9.71. The van der Waals surface area contributed by atoms with Crippen molar-refractivity contribution in [3.8, 4) is 22.3 Å². The van der Waals surface area contributed by atoms with Crippen LogP contribution >= 0.6 is 0 Å². The van der Waals surface area contributed by atoms with Crippen LogP contribution in [0.3, 0.4) is 0 Å². The van der Waals surface area contributed by atoms with Crippen LogP contribution in [0, 0.1) is 12.1 Å². The summed E-state index contributed by atoms with van der Waals surface area (Å²) in [6.45, 7) is 0. The Labute approximate surface area is 281 Å². The van der Waals surface area contributed by atoms with E-state index in [0.29, 0.717) is 0 Å². The molecule has 1 N–H and O–H groups in total. The minimum atomic E-state index is 0.889. The van der Waals surface area contributed by atoms with Crippen LogP contribution in [0.5, 0.6) is 0 Å². The predicted molar refractivity (Wildman–Crippen MR) is 202 cm³/mol. The highest BCUT2D eigenvalue weighted by Crippen LogP contribution is 2.39. The molecule has 0 spiro atoms. The SMILES string of the molecule is c1cc(Nc2cc(-c3ccc(C4=CC=CCC4)cc3)ccc2C2=CC=CCC2)c2cccc(-c3ccc4c(c3)oc3ccccc34)c2c#1. The molecule has 0 saturated heterocycles. The Morgan fingerprint density at radius 2 is 1.27 bits per heavy atom. The minimum absolute atomic E-state index is 0.889. The second-order valence-corrected chi connectivity index (χ2v) is 12.6. The van der Waals surface area contributed by atoms with Gasteiger partial charge in [0.05, 0.1) is 5.69 Å². The van der Waals surface area contributed by atoms with Crippen molar-refractivity contribution in [2.75, 3.05) is 5.32 Å². The highest BCUT2D eigenvalue weighted by atomic mass is 16.3.